The molecule has 15 heavy (non-hydrogen) atoms. The predicted octanol–water partition coefficient (Wildman–Crippen LogP) is 4.30. The zero-order valence-corrected chi connectivity index (χ0v) is 9.22. The molecule has 0 bridgehead atoms. The molecule has 0 fully saturated rings. The summed E-state index contributed by atoms with van der Waals surface area (Å²) in [5.41, 5.74) is 1.87. The third-order valence-electron chi connectivity index (χ3n) is 2.37. The van der Waals surface area contributed by atoms with Crippen LogP contribution >= 0.6 is 23.1 Å². The molecule has 4 heteroatoms. The van der Waals surface area contributed by atoms with Crippen LogP contribution in [0.15, 0.2) is 28.5 Å². The van der Waals surface area contributed by atoms with E-state index in [0.717, 1.165) is 16.7 Å². The molecule has 1 aliphatic rings. The van der Waals surface area contributed by atoms with Crippen molar-refractivity contribution >= 4 is 23.1 Å². The van der Waals surface area contributed by atoms with E-state index in [0.29, 0.717) is 10.5 Å². The summed E-state index contributed by atoms with van der Waals surface area (Å²) >= 11 is 2.98. The number of hydrogen-bond acceptors (Lipinski definition) is 2. The summed E-state index contributed by atoms with van der Waals surface area (Å²) in [6.07, 6.45) is 0. The first kappa shape index (κ1) is 9.36. The molecule has 0 spiro atoms. The number of fused-ring (bicyclic) bond motifs is 3. The zero-order chi connectivity index (χ0) is 10.4. The lowest BCUT2D eigenvalue weighted by Gasteiger charge is -2.16. The predicted molar refractivity (Wildman–Crippen MR) is 59.2 cm³/mol. The molecular formula is C11H6F2S2. The van der Waals surface area contributed by atoms with Gasteiger partial charge in [0.1, 0.15) is 11.6 Å². The molecule has 1 aliphatic heterocycles. The normalized spacial score (nSPS) is 13.5. The highest BCUT2D eigenvalue weighted by Crippen LogP contribution is 2.45. The molecule has 1 aromatic heterocycles. The quantitative estimate of drug-likeness (QED) is 0.661. The zero-order valence-electron chi connectivity index (χ0n) is 7.59. The van der Waals surface area contributed by atoms with Crippen LogP contribution in [0.1, 0.15) is 5.56 Å². The molecule has 0 N–H and O–H groups in total. The van der Waals surface area contributed by atoms with Gasteiger partial charge in [-0.05, 0) is 23.1 Å². The van der Waals surface area contributed by atoms with Crippen LogP contribution in [0.5, 0.6) is 0 Å². The second-order valence-corrected chi connectivity index (χ2v) is 5.23. The highest BCUT2D eigenvalue weighted by Gasteiger charge is 2.21. The van der Waals surface area contributed by atoms with E-state index in [9.17, 15) is 8.78 Å². The molecule has 76 valence electrons. The number of hydrogen-bond donors (Lipinski definition) is 0. The van der Waals surface area contributed by atoms with Crippen molar-refractivity contribution in [2.75, 3.05) is 0 Å². The molecule has 0 unspecified atom stereocenters. The number of thiophene rings is 1. The first-order valence-electron chi connectivity index (χ1n) is 4.44. The van der Waals surface area contributed by atoms with E-state index in [1.807, 2.05) is 11.4 Å². The summed E-state index contributed by atoms with van der Waals surface area (Å²) in [7, 11) is 0. The molecule has 0 aliphatic carbocycles. The molecule has 3 rings (SSSR count). The van der Waals surface area contributed by atoms with Crippen LogP contribution < -0.4 is 0 Å². The maximum atomic E-state index is 13.5. The Morgan fingerprint density at radius 2 is 2.07 bits per heavy atom. The van der Waals surface area contributed by atoms with Crippen LogP contribution in [0.4, 0.5) is 8.78 Å². The second kappa shape index (κ2) is 3.32. The van der Waals surface area contributed by atoms with Gasteiger partial charge in [-0.3, -0.25) is 0 Å². The fourth-order valence-electron chi connectivity index (χ4n) is 1.71. The maximum absolute atomic E-state index is 13.5. The van der Waals surface area contributed by atoms with Gasteiger partial charge in [0.25, 0.3) is 0 Å². The van der Waals surface area contributed by atoms with Crippen LogP contribution in [-0.2, 0) is 5.75 Å². The molecule has 2 heterocycles. The minimum Gasteiger partial charge on any atom is -0.207 e. The van der Waals surface area contributed by atoms with E-state index in [-0.39, 0.29) is 0 Å². The average molecular weight is 240 g/mol. The fourth-order valence-corrected chi connectivity index (χ4v) is 3.87. The number of halogens is 2. The molecular weight excluding hydrogens is 234 g/mol. The molecule has 0 saturated heterocycles. The van der Waals surface area contributed by atoms with Gasteiger partial charge in [-0.1, -0.05) is 0 Å². The van der Waals surface area contributed by atoms with E-state index >= 15 is 0 Å². The van der Waals surface area contributed by atoms with Crippen molar-refractivity contribution in [3.05, 3.63) is 40.8 Å². The maximum Gasteiger partial charge on any atom is 0.140 e. The van der Waals surface area contributed by atoms with Gasteiger partial charge >= 0.3 is 0 Å². The van der Waals surface area contributed by atoms with Crippen molar-refractivity contribution < 1.29 is 8.78 Å². The lowest BCUT2D eigenvalue weighted by Crippen LogP contribution is -1.96. The molecule has 0 amide bonds. The highest BCUT2D eigenvalue weighted by molar-refractivity contribution is 7.98. The van der Waals surface area contributed by atoms with E-state index in [1.165, 1.54) is 34.7 Å². The molecule has 2 aromatic rings. The Morgan fingerprint density at radius 1 is 1.20 bits per heavy atom. The van der Waals surface area contributed by atoms with Gasteiger partial charge in [-0.15, -0.1) is 23.1 Å². The first-order valence-corrected chi connectivity index (χ1v) is 6.31. The largest absolute Gasteiger partial charge is 0.207 e. The minimum atomic E-state index is -0.506. The second-order valence-electron chi connectivity index (χ2n) is 3.33. The van der Waals surface area contributed by atoms with Crippen molar-refractivity contribution in [2.24, 2.45) is 0 Å². The Kier molecular flexibility index (Phi) is 2.07. The van der Waals surface area contributed by atoms with E-state index in [4.69, 9.17) is 0 Å². The van der Waals surface area contributed by atoms with Crippen LogP contribution in [0.3, 0.4) is 0 Å². The first-order chi connectivity index (χ1) is 7.25. The highest BCUT2D eigenvalue weighted by atomic mass is 32.2. The summed E-state index contributed by atoms with van der Waals surface area (Å²) in [6.45, 7) is 0. The van der Waals surface area contributed by atoms with Crippen LogP contribution in [0, 0.1) is 11.6 Å². The summed E-state index contributed by atoms with van der Waals surface area (Å²) in [5.74, 6) is -0.184. The molecule has 0 saturated carbocycles. The minimum absolute atomic E-state index is 0.450. The molecule has 0 nitrogen and oxygen atoms in total. The van der Waals surface area contributed by atoms with Crippen molar-refractivity contribution in [2.45, 2.75) is 10.6 Å². The third-order valence-corrected chi connectivity index (χ3v) is 4.52. The van der Waals surface area contributed by atoms with Crippen molar-refractivity contribution in [1.29, 1.82) is 0 Å². The van der Waals surface area contributed by atoms with Gasteiger partial charge in [-0.2, -0.15) is 0 Å². The SMILES string of the molecule is Fc1cc(F)c2c(c1)-c1sccc1CS2. The molecule has 0 atom stereocenters. The average Bonchev–Trinajstić information content (AvgIpc) is 2.65. The fraction of sp³-hybridized carbons (Fsp3) is 0.0909. The van der Waals surface area contributed by atoms with Crippen LogP contribution in [0.2, 0.25) is 0 Å². The Balaban J connectivity index is 2.32. The number of benzene rings is 1. The Morgan fingerprint density at radius 3 is 2.93 bits per heavy atom. The number of rotatable bonds is 0. The lowest BCUT2D eigenvalue weighted by atomic mass is 10.1. The smallest absolute Gasteiger partial charge is 0.140 e. The van der Waals surface area contributed by atoms with Crippen molar-refractivity contribution in [3.63, 3.8) is 0 Å². The van der Waals surface area contributed by atoms with Crippen molar-refractivity contribution in [1.82, 2.24) is 0 Å². The summed E-state index contributed by atoms with van der Waals surface area (Å²) in [4.78, 5) is 1.58. The van der Waals surface area contributed by atoms with E-state index in [1.54, 1.807) is 0 Å². The van der Waals surface area contributed by atoms with Gasteiger partial charge < -0.3 is 0 Å². The van der Waals surface area contributed by atoms with E-state index in [2.05, 4.69) is 0 Å². The lowest BCUT2D eigenvalue weighted by molar-refractivity contribution is 0.567. The van der Waals surface area contributed by atoms with Crippen molar-refractivity contribution in [3.8, 4) is 10.4 Å². The Hall–Kier alpha value is -0.870. The Bertz CT molecular complexity index is 531. The van der Waals surface area contributed by atoms with Gasteiger partial charge in [-0.25, -0.2) is 8.78 Å². The summed E-state index contributed by atoms with van der Waals surface area (Å²) in [5, 5.41) is 1.96. The summed E-state index contributed by atoms with van der Waals surface area (Å²) < 4.78 is 26.6. The molecule has 0 radical (unpaired) electrons. The number of thioether (sulfide) groups is 1. The summed E-state index contributed by atoms with van der Waals surface area (Å²) in [6, 6.07) is 4.38. The van der Waals surface area contributed by atoms with Crippen LogP contribution in [0.25, 0.3) is 10.4 Å². The Labute approximate surface area is 93.9 Å². The van der Waals surface area contributed by atoms with Crippen LogP contribution in [-0.4, -0.2) is 0 Å². The van der Waals surface area contributed by atoms with Gasteiger partial charge in [0.15, 0.2) is 0 Å². The van der Waals surface area contributed by atoms with Gasteiger partial charge in [0, 0.05) is 22.3 Å². The molecule has 1 aromatic carbocycles. The standard InChI is InChI=1S/C11H6F2S2/c12-7-3-8-10-6(1-2-14-10)5-15-11(8)9(13)4-7/h1-4H,5H2. The topological polar surface area (TPSA) is 0 Å². The van der Waals surface area contributed by atoms with E-state index < -0.39 is 11.6 Å². The monoisotopic (exact) mass is 240 g/mol. The van der Waals surface area contributed by atoms with Gasteiger partial charge in [0.2, 0.25) is 0 Å². The third kappa shape index (κ3) is 1.40. The van der Waals surface area contributed by atoms with Gasteiger partial charge in [0.05, 0.1) is 4.90 Å².